The van der Waals surface area contributed by atoms with E-state index in [0.29, 0.717) is 10.8 Å². The Bertz CT molecular complexity index is 802. The number of nitrogens with zero attached hydrogens (tertiary/aromatic N) is 1. The first kappa shape index (κ1) is 13.7. The van der Waals surface area contributed by atoms with Gasteiger partial charge in [0.2, 0.25) is 0 Å². The lowest BCUT2D eigenvalue weighted by atomic mass is 10.1. The van der Waals surface area contributed by atoms with Gasteiger partial charge in [-0.3, -0.25) is 4.98 Å². The summed E-state index contributed by atoms with van der Waals surface area (Å²) in [6, 6.07) is 15.7. The van der Waals surface area contributed by atoms with Gasteiger partial charge in [0.15, 0.2) is 0 Å². The lowest BCUT2D eigenvalue weighted by Crippen LogP contribution is -1.95. The number of methoxy groups -OCH3 is 1. The van der Waals surface area contributed by atoms with Gasteiger partial charge < -0.3 is 10.1 Å². The van der Waals surface area contributed by atoms with Gasteiger partial charge in [0.05, 0.1) is 17.6 Å². The fraction of sp³-hybridized carbons (Fsp3) is 0.118. The van der Waals surface area contributed by atoms with E-state index in [1.807, 2.05) is 49.4 Å². The molecule has 0 unspecified atom stereocenters. The maximum atomic E-state index is 6.17. The number of hydrogen-bond acceptors (Lipinski definition) is 3. The molecular formula is C17H15ClN2O. The number of ether oxygens (including phenoxy) is 1. The third-order valence-corrected chi connectivity index (χ3v) is 3.57. The van der Waals surface area contributed by atoms with Gasteiger partial charge in [-0.1, -0.05) is 29.8 Å². The van der Waals surface area contributed by atoms with Crippen molar-refractivity contribution in [2.24, 2.45) is 0 Å². The van der Waals surface area contributed by atoms with Crippen LogP contribution in [0.3, 0.4) is 0 Å². The minimum absolute atomic E-state index is 0.581. The van der Waals surface area contributed by atoms with Crippen LogP contribution in [0.1, 0.15) is 5.69 Å². The van der Waals surface area contributed by atoms with Crippen LogP contribution < -0.4 is 10.1 Å². The summed E-state index contributed by atoms with van der Waals surface area (Å²) in [4.78, 5) is 4.54. The summed E-state index contributed by atoms with van der Waals surface area (Å²) < 4.78 is 5.17. The second-order valence-electron chi connectivity index (χ2n) is 4.80. The summed E-state index contributed by atoms with van der Waals surface area (Å²) in [5.41, 5.74) is 3.87. The van der Waals surface area contributed by atoms with Crippen LogP contribution in [0.15, 0.2) is 48.5 Å². The van der Waals surface area contributed by atoms with Crippen LogP contribution in [0.5, 0.6) is 5.75 Å². The topological polar surface area (TPSA) is 34.1 Å². The molecule has 106 valence electrons. The Hall–Kier alpha value is -2.26. The Labute approximate surface area is 128 Å². The van der Waals surface area contributed by atoms with Crippen molar-refractivity contribution in [2.45, 2.75) is 6.92 Å². The summed E-state index contributed by atoms with van der Waals surface area (Å²) in [6.45, 7) is 1.98. The summed E-state index contributed by atoms with van der Waals surface area (Å²) in [5, 5.41) is 5.06. The summed E-state index contributed by atoms with van der Waals surface area (Å²) in [5.74, 6) is 0.665. The average molecular weight is 299 g/mol. The van der Waals surface area contributed by atoms with Gasteiger partial charge >= 0.3 is 0 Å². The lowest BCUT2D eigenvalue weighted by molar-refractivity contribution is 0.415. The second kappa shape index (κ2) is 5.62. The lowest BCUT2D eigenvalue weighted by Gasteiger charge is -2.12. The Balaban J connectivity index is 2.03. The van der Waals surface area contributed by atoms with E-state index in [2.05, 4.69) is 16.4 Å². The molecule has 0 atom stereocenters. The molecule has 0 saturated carbocycles. The molecule has 2 aromatic carbocycles. The number of pyridine rings is 1. The van der Waals surface area contributed by atoms with Gasteiger partial charge in [0.25, 0.3) is 0 Å². The van der Waals surface area contributed by atoms with Crippen molar-refractivity contribution in [1.29, 1.82) is 0 Å². The Morgan fingerprint density at radius 1 is 1.10 bits per heavy atom. The van der Waals surface area contributed by atoms with E-state index < -0.39 is 0 Å². The number of halogens is 1. The highest BCUT2D eigenvalue weighted by Gasteiger charge is 2.06. The van der Waals surface area contributed by atoms with Crippen molar-refractivity contribution in [3.63, 3.8) is 0 Å². The fourth-order valence-electron chi connectivity index (χ4n) is 2.31. The summed E-state index contributed by atoms with van der Waals surface area (Å²) in [7, 11) is 1.61. The molecule has 0 fully saturated rings. The smallest absolute Gasteiger partial charge is 0.137 e. The number of aryl methyl sites for hydroxylation is 1. The molecule has 0 aliphatic heterocycles. The van der Waals surface area contributed by atoms with Gasteiger partial charge in [0, 0.05) is 22.5 Å². The molecule has 1 N–H and O–H groups in total. The zero-order valence-electron chi connectivity index (χ0n) is 11.9. The number of fused-ring (bicyclic) bond motifs is 1. The van der Waals surface area contributed by atoms with E-state index in [0.717, 1.165) is 28.0 Å². The molecule has 0 saturated heterocycles. The zero-order chi connectivity index (χ0) is 14.8. The molecule has 0 amide bonds. The number of benzene rings is 2. The first-order valence-corrected chi connectivity index (χ1v) is 7.02. The molecule has 3 nitrogen and oxygen atoms in total. The normalized spacial score (nSPS) is 10.6. The van der Waals surface area contributed by atoms with Crippen molar-refractivity contribution in [3.8, 4) is 5.75 Å². The van der Waals surface area contributed by atoms with Crippen molar-refractivity contribution in [3.05, 3.63) is 59.2 Å². The summed E-state index contributed by atoms with van der Waals surface area (Å²) >= 11 is 6.17. The van der Waals surface area contributed by atoms with Crippen molar-refractivity contribution in [2.75, 3.05) is 12.4 Å². The van der Waals surface area contributed by atoms with Crippen LogP contribution in [0.2, 0.25) is 5.02 Å². The fourth-order valence-corrected chi connectivity index (χ4v) is 2.57. The van der Waals surface area contributed by atoms with Gasteiger partial charge in [-0.05, 0) is 37.3 Å². The highest BCUT2D eigenvalue weighted by molar-refractivity contribution is 6.32. The SMILES string of the molecule is COc1ccc(Nc2cc(C)nc3ccccc23)cc1Cl. The zero-order valence-corrected chi connectivity index (χ0v) is 12.6. The molecular weight excluding hydrogens is 284 g/mol. The highest BCUT2D eigenvalue weighted by atomic mass is 35.5. The van der Waals surface area contributed by atoms with Crippen LogP contribution in [0.4, 0.5) is 11.4 Å². The number of anilines is 2. The molecule has 21 heavy (non-hydrogen) atoms. The van der Waals surface area contributed by atoms with Crippen molar-refractivity contribution in [1.82, 2.24) is 4.98 Å². The molecule has 0 aliphatic carbocycles. The maximum absolute atomic E-state index is 6.17. The first-order valence-electron chi connectivity index (χ1n) is 6.64. The van der Waals surface area contributed by atoms with E-state index >= 15 is 0 Å². The molecule has 4 heteroatoms. The first-order chi connectivity index (χ1) is 10.2. The molecule has 3 aromatic rings. The van der Waals surface area contributed by atoms with Crippen LogP contribution in [0.25, 0.3) is 10.9 Å². The van der Waals surface area contributed by atoms with Gasteiger partial charge in [0.1, 0.15) is 5.75 Å². The molecule has 3 rings (SSSR count). The Morgan fingerprint density at radius 2 is 1.90 bits per heavy atom. The number of aromatic nitrogens is 1. The number of rotatable bonds is 3. The van der Waals surface area contributed by atoms with Gasteiger partial charge in [-0.2, -0.15) is 0 Å². The third kappa shape index (κ3) is 2.78. The number of para-hydroxylation sites is 1. The average Bonchev–Trinajstić information content (AvgIpc) is 2.47. The standard InChI is InChI=1S/C17H15ClN2O/c1-11-9-16(13-5-3-4-6-15(13)19-11)20-12-7-8-17(21-2)14(18)10-12/h3-10H,1-2H3,(H,19,20). The molecule has 0 aliphatic rings. The maximum Gasteiger partial charge on any atom is 0.137 e. The molecule has 1 aromatic heterocycles. The van der Waals surface area contributed by atoms with Crippen LogP contribution in [-0.4, -0.2) is 12.1 Å². The largest absolute Gasteiger partial charge is 0.495 e. The summed E-state index contributed by atoms with van der Waals surface area (Å²) in [6.07, 6.45) is 0. The van der Waals surface area contributed by atoms with E-state index in [4.69, 9.17) is 16.3 Å². The van der Waals surface area contributed by atoms with Gasteiger partial charge in [-0.25, -0.2) is 0 Å². The van der Waals surface area contributed by atoms with Gasteiger partial charge in [-0.15, -0.1) is 0 Å². The quantitative estimate of drug-likeness (QED) is 0.743. The number of nitrogens with one attached hydrogen (secondary N) is 1. The molecule has 1 heterocycles. The van der Waals surface area contributed by atoms with E-state index in [9.17, 15) is 0 Å². The van der Waals surface area contributed by atoms with E-state index in [1.54, 1.807) is 7.11 Å². The van der Waals surface area contributed by atoms with Crippen LogP contribution in [0, 0.1) is 6.92 Å². The minimum Gasteiger partial charge on any atom is -0.495 e. The Morgan fingerprint density at radius 3 is 2.67 bits per heavy atom. The third-order valence-electron chi connectivity index (χ3n) is 3.28. The van der Waals surface area contributed by atoms with E-state index in [1.165, 1.54) is 0 Å². The monoisotopic (exact) mass is 298 g/mol. The van der Waals surface area contributed by atoms with Crippen molar-refractivity contribution >= 4 is 33.9 Å². The van der Waals surface area contributed by atoms with Crippen LogP contribution in [-0.2, 0) is 0 Å². The molecule has 0 bridgehead atoms. The highest BCUT2D eigenvalue weighted by Crippen LogP contribution is 2.31. The van der Waals surface area contributed by atoms with E-state index in [-0.39, 0.29) is 0 Å². The van der Waals surface area contributed by atoms with Crippen molar-refractivity contribution < 1.29 is 4.74 Å². The molecule has 0 radical (unpaired) electrons. The predicted molar refractivity (Wildman–Crippen MR) is 87.8 cm³/mol. The number of hydrogen-bond donors (Lipinski definition) is 1. The molecule has 0 spiro atoms. The second-order valence-corrected chi connectivity index (χ2v) is 5.21. The van der Waals surface area contributed by atoms with Crippen LogP contribution >= 0.6 is 11.6 Å². The minimum atomic E-state index is 0.581. The Kier molecular flexibility index (Phi) is 3.67. The predicted octanol–water partition coefficient (Wildman–Crippen LogP) is 4.95.